The molecule has 0 amide bonds. The molecule has 8 heteroatoms. The van der Waals surface area contributed by atoms with Crippen molar-refractivity contribution in [3.8, 4) is 0 Å². The Morgan fingerprint density at radius 2 is 2.31 bits per heavy atom. The molecule has 3 rings (SSSR count). The van der Waals surface area contributed by atoms with E-state index in [0.717, 1.165) is 56.9 Å². The lowest BCUT2D eigenvalue weighted by molar-refractivity contribution is -0.00806. The summed E-state index contributed by atoms with van der Waals surface area (Å²) in [5.74, 6) is 0.949. The summed E-state index contributed by atoms with van der Waals surface area (Å²) in [7, 11) is 5.54. The number of hydrogen-bond donors (Lipinski definition) is 1. The maximum Gasteiger partial charge on any atom is 0.193 e. The number of aliphatic imine (C=N–C) groups is 1. The van der Waals surface area contributed by atoms with Crippen LogP contribution in [0.2, 0.25) is 0 Å². The van der Waals surface area contributed by atoms with Crippen molar-refractivity contribution < 1.29 is 9.47 Å². The van der Waals surface area contributed by atoms with Crippen LogP contribution >= 0.6 is 0 Å². The molecule has 0 spiro atoms. The van der Waals surface area contributed by atoms with E-state index in [9.17, 15) is 0 Å². The number of methoxy groups -OCH3 is 1. The van der Waals surface area contributed by atoms with Gasteiger partial charge in [0.1, 0.15) is 6.10 Å². The zero-order valence-corrected chi connectivity index (χ0v) is 16.2. The number of ether oxygens (including phenoxy) is 2. The number of hydrogen-bond acceptors (Lipinski definition) is 5. The molecule has 0 aromatic carbocycles. The molecule has 146 valence electrons. The molecule has 26 heavy (non-hydrogen) atoms. The zero-order chi connectivity index (χ0) is 18.4. The second kappa shape index (κ2) is 9.34. The fraction of sp³-hybridized carbons (Fsp3) is 0.778. The molecule has 2 heterocycles. The number of guanidine groups is 1. The van der Waals surface area contributed by atoms with Gasteiger partial charge in [-0.25, -0.2) is 0 Å². The minimum atomic E-state index is 0.0423. The minimum absolute atomic E-state index is 0.0423. The first-order valence-electron chi connectivity index (χ1n) is 9.50. The van der Waals surface area contributed by atoms with Crippen molar-refractivity contribution in [3.63, 3.8) is 0 Å². The number of morpholine rings is 1. The Kier molecular flexibility index (Phi) is 6.87. The predicted molar refractivity (Wildman–Crippen MR) is 101 cm³/mol. The van der Waals surface area contributed by atoms with E-state index < -0.39 is 0 Å². The van der Waals surface area contributed by atoms with Crippen molar-refractivity contribution in [1.82, 2.24) is 24.9 Å². The van der Waals surface area contributed by atoms with Crippen LogP contribution in [0.3, 0.4) is 0 Å². The topological polar surface area (TPSA) is 67.2 Å². The average Bonchev–Trinajstić information content (AvgIpc) is 3.41. The molecule has 1 aliphatic carbocycles. The molecule has 8 nitrogen and oxygen atoms in total. The van der Waals surface area contributed by atoms with Crippen molar-refractivity contribution in [2.75, 3.05) is 60.1 Å². The molecule has 2 fully saturated rings. The molecule has 1 saturated carbocycles. The van der Waals surface area contributed by atoms with Gasteiger partial charge in [-0.2, -0.15) is 5.10 Å². The highest BCUT2D eigenvalue weighted by Crippen LogP contribution is 2.26. The number of aromatic nitrogens is 2. The Labute approximate surface area is 156 Å². The summed E-state index contributed by atoms with van der Waals surface area (Å²) in [5.41, 5.74) is 1.12. The van der Waals surface area contributed by atoms with Gasteiger partial charge in [-0.3, -0.25) is 14.6 Å². The van der Waals surface area contributed by atoms with Gasteiger partial charge in [-0.1, -0.05) is 0 Å². The van der Waals surface area contributed by atoms with Crippen LogP contribution in [0.1, 0.15) is 24.5 Å². The smallest absolute Gasteiger partial charge is 0.193 e. The van der Waals surface area contributed by atoms with Gasteiger partial charge in [0, 0.05) is 65.2 Å². The Balaban J connectivity index is 1.48. The molecule has 1 atom stereocenters. The second-order valence-electron chi connectivity index (χ2n) is 6.99. The van der Waals surface area contributed by atoms with Gasteiger partial charge in [-0.05, 0) is 12.8 Å². The third kappa shape index (κ3) is 5.18. The van der Waals surface area contributed by atoms with Gasteiger partial charge in [0.2, 0.25) is 0 Å². The van der Waals surface area contributed by atoms with E-state index in [0.29, 0.717) is 6.61 Å². The molecular weight excluding hydrogens is 332 g/mol. The van der Waals surface area contributed by atoms with E-state index in [-0.39, 0.29) is 6.10 Å². The van der Waals surface area contributed by atoms with Crippen molar-refractivity contribution in [3.05, 3.63) is 18.0 Å². The zero-order valence-electron chi connectivity index (χ0n) is 16.2. The van der Waals surface area contributed by atoms with Crippen LogP contribution in [0.15, 0.2) is 17.4 Å². The van der Waals surface area contributed by atoms with Gasteiger partial charge in [0.25, 0.3) is 0 Å². The summed E-state index contributed by atoms with van der Waals surface area (Å²) in [4.78, 5) is 9.27. The molecular formula is C18H32N6O2. The first-order valence-corrected chi connectivity index (χ1v) is 9.50. The van der Waals surface area contributed by atoms with Crippen LogP contribution in [0.5, 0.6) is 0 Å². The van der Waals surface area contributed by atoms with Crippen LogP contribution in [0.25, 0.3) is 0 Å². The average molecular weight is 364 g/mol. The van der Waals surface area contributed by atoms with Crippen molar-refractivity contribution >= 4 is 5.96 Å². The van der Waals surface area contributed by atoms with Crippen LogP contribution in [-0.2, 0) is 16.5 Å². The van der Waals surface area contributed by atoms with Crippen LogP contribution < -0.4 is 5.32 Å². The summed E-state index contributed by atoms with van der Waals surface area (Å²) in [6.07, 6.45) is 6.57. The van der Waals surface area contributed by atoms with Crippen LogP contribution in [-0.4, -0.2) is 91.7 Å². The first kappa shape index (κ1) is 19.1. The number of nitrogens with one attached hydrogen (secondary N) is 1. The largest absolute Gasteiger partial charge is 0.383 e. The predicted octanol–water partition coefficient (Wildman–Crippen LogP) is 0.480. The van der Waals surface area contributed by atoms with Gasteiger partial charge >= 0.3 is 0 Å². The SMILES string of the molecule is CN=C(NCCN(CCOC)C1CC1)N1CCOC(c2cnn(C)c2)C1. The Morgan fingerprint density at radius 3 is 2.96 bits per heavy atom. The summed E-state index contributed by atoms with van der Waals surface area (Å²) in [5, 5.41) is 7.78. The molecule has 1 aromatic heterocycles. The second-order valence-corrected chi connectivity index (χ2v) is 6.99. The highest BCUT2D eigenvalue weighted by molar-refractivity contribution is 5.80. The standard InChI is InChI=1S/C18H32N6O2/c1-19-18(20-6-7-23(8-10-25-3)16-4-5-16)24-9-11-26-17(14-24)15-12-21-22(2)13-15/h12-13,16-17H,4-11,14H2,1-3H3,(H,19,20). The van der Waals surface area contributed by atoms with Crippen LogP contribution in [0.4, 0.5) is 0 Å². The first-order chi connectivity index (χ1) is 12.7. The maximum absolute atomic E-state index is 5.93. The van der Waals surface area contributed by atoms with E-state index in [2.05, 4.69) is 25.2 Å². The lowest BCUT2D eigenvalue weighted by Crippen LogP contribution is -2.49. The number of aryl methyl sites for hydroxylation is 1. The lowest BCUT2D eigenvalue weighted by Gasteiger charge is -2.35. The lowest BCUT2D eigenvalue weighted by atomic mass is 10.1. The molecule has 0 radical (unpaired) electrons. The maximum atomic E-state index is 5.93. The van der Waals surface area contributed by atoms with E-state index in [4.69, 9.17) is 9.47 Å². The van der Waals surface area contributed by atoms with Crippen molar-refractivity contribution in [2.24, 2.45) is 12.0 Å². The highest BCUT2D eigenvalue weighted by atomic mass is 16.5. The van der Waals surface area contributed by atoms with E-state index in [1.165, 1.54) is 12.8 Å². The Morgan fingerprint density at radius 1 is 1.46 bits per heavy atom. The van der Waals surface area contributed by atoms with Crippen molar-refractivity contribution in [2.45, 2.75) is 25.0 Å². The Hall–Kier alpha value is -1.64. The summed E-state index contributed by atoms with van der Waals surface area (Å²) < 4.78 is 13.0. The normalized spacial score (nSPS) is 21.5. The summed E-state index contributed by atoms with van der Waals surface area (Å²) in [6, 6.07) is 0.743. The van der Waals surface area contributed by atoms with E-state index >= 15 is 0 Å². The molecule has 1 aromatic rings. The minimum Gasteiger partial charge on any atom is -0.383 e. The van der Waals surface area contributed by atoms with E-state index in [1.54, 1.807) is 7.11 Å². The monoisotopic (exact) mass is 364 g/mol. The Bertz CT molecular complexity index is 586. The van der Waals surface area contributed by atoms with Gasteiger partial charge < -0.3 is 19.7 Å². The number of nitrogens with zero attached hydrogens (tertiary/aromatic N) is 5. The fourth-order valence-corrected chi connectivity index (χ4v) is 3.42. The molecule has 2 aliphatic rings. The molecule has 1 aliphatic heterocycles. The molecule has 1 unspecified atom stereocenters. The van der Waals surface area contributed by atoms with Gasteiger partial charge in [0.15, 0.2) is 5.96 Å². The molecule has 0 bridgehead atoms. The van der Waals surface area contributed by atoms with Gasteiger partial charge in [0.05, 0.1) is 26.0 Å². The number of rotatable bonds is 8. The third-order valence-corrected chi connectivity index (χ3v) is 5.00. The summed E-state index contributed by atoms with van der Waals surface area (Å²) >= 11 is 0. The molecule has 1 saturated heterocycles. The highest BCUT2D eigenvalue weighted by Gasteiger charge is 2.29. The fourth-order valence-electron chi connectivity index (χ4n) is 3.42. The molecule has 1 N–H and O–H groups in total. The van der Waals surface area contributed by atoms with Crippen molar-refractivity contribution in [1.29, 1.82) is 0 Å². The third-order valence-electron chi connectivity index (χ3n) is 5.00. The quantitative estimate of drug-likeness (QED) is 0.535. The van der Waals surface area contributed by atoms with Gasteiger partial charge in [-0.15, -0.1) is 0 Å². The summed E-state index contributed by atoms with van der Waals surface area (Å²) in [6.45, 7) is 6.05. The van der Waals surface area contributed by atoms with E-state index in [1.807, 2.05) is 31.2 Å². The van der Waals surface area contributed by atoms with Crippen LogP contribution in [0, 0.1) is 0 Å².